The fourth-order valence-corrected chi connectivity index (χ4v) is 4.68. The lowest BCUT2D eigenvalue weighted by Crippen LogP contribution is -2.44. The molecule has 1 heterocycles. The van der Waals surface area contributed by atoms with Gasteiger partial charge in [-0.05, 0) is 46.1 Å². The molecule has 35 heavy (non-hydrogen) atoms. The van der Waals surface area contributed by atoms with Gasteiger partial charge in [0.25, 0.3) is 0 Å². The molecule has 8 heteroatoms. The fourth-order valence-electron chi connectivity index (χ4n) is 4.68. The Labute approximate surface area is 210 Å². The van der Waals surface area contributed by atoms with Gasteiger partial charge in [0.15, 0.2) is 5.79 Å². The summed E-state index contributed by atoms with van der Waals surface area (Å²) in [6, 6.07) is -0.589. The summed E-state index contributed by atoms with van der Waals surface area (Å²) in [6.45, 7) is 9.40. The standard InChI is InChI=1S/C27H47NO7/c1-6-8-10-14-27(15-11-9-7-2)33-22-17-19(16-21(30)24(22)35-27)25(32)28-20(18-29)12-13-23(31)34-26(3,4)5/h17,20-22,24,29-30H,6-16,18H2,1-5H3,(H,28,32). The van der Waals surface area contributed by atoms with Crippen molar-refractivity contribution < 1.29 is 34.0 Å². The van der Waals surface area contributed by atoms with Gasteiger partial charge in [-0.2, -0.15) is 0 Å². The molecule has 0 spiro atoms. The second-order valence-corrected chi connectivity index (χ2v) is 10.9. The number of unbranched alkanes of at least 4 members (excludes halogenated alkanes) is 4. The van der Waals surface area contributed by atoms with E-state index in [2.05, 4.69) is 19.2 Å². The number of hydrogen-bond acceptors (Lipinski definition) is 7. The minimum absolute atomic E-state index is 0.0874. The van der Waals surface area contributed by atoms with Gasteiger partial charge in [-0.3, -0.25) is 9.59 Å². The monoisotopic (exact) mass is 497 g/mol. The SMILES string of the molecule is CCCCCC1(CCCCC)OC2C=C(C(=O)NC(CO)CCC(=O)OC(C)(C)C)CC(O)C2O1. The van der Waals surface area contributed by atoms with Gasteiger partial charge in [-0.1, -0.05) is 39.5 Å². The zero-order valence-corrected chi connectivity index (χ0v) is 22.3. The quantitative estimate of drug-likeness (QED) is 0.246. The van der Waals surface area contributed by atoms with Crippen molar-refractivity contribution in [1.82, 2.24) is 5.32 Å². The van der Waals surface area contributed by atoms with E-state index < -0.39 is 35.7 Å². The Morgan fingerprint density at radius 3 is 2.31 bits per heavy atom. The summed E-state index contributed by atoms with van der Waals surface area (Å²) in [4.78, 5) is 24.9. The second-order valence-electron chi connectivity index (χ2n) is 10.9. The van der Waals surface area contributed by atoms with Crippen molar-refractivity contribution in [3.8, 4) is 0 Å². The molecule has 1 aliphatic heterocycles. The Balaban J connectivity index is 2.01. The highest BCUT2D eigenvalue weighted by atomic mass is 16.8. The molecule has 0 bridgehead atoms. The highest BCUT2D eigenvalue weighted by molar-refractivity contribution is 5.94. The van der Waals surface area contributed by atoms with Crippen molar-refractivity contribution in [2.75, 3.05) is 6.61 Å². The molecule has 1 saturated heterocycles. The molecular weight excluding hydrogens is 450 g/mol. The molecule has 2 rings (SSSR count). The van der Waals surface area contributed by atoms with Gasteiger partial charge in [0.05, 0.1) is 18.8 Å². The molecule has 0 saturated carbocycles. The van der Waals surface area contributed by atoms with Crippen LogP contribution in [0.15, 0.2) is 11.6 Å². The number of nitrogens with one attached hydrogen (secondary N) is 1. The van der Waals surface area contributed by atoms with Gasteiger partial charge in [-0.15, -0.1) is 0 Å². The molecule has 1 aliphatic carbocycles. The summed E-state index contributed by atoms with van der Waals surface area (Å²) >= 11 is 0. The van der Waals surface area contributed by atoms with E-state index in [-0.39, 0.29) is 37.7 Å². The summed E-state index contributed by atoms with van der Waals surface area (Å²) in [6.07, 6.45) is 8.36. The average Bonchev–Trinajstić information content (AvgIpc) is 3.15. The Kier molecular flexibility index (Phi) is 11.7. The number of aliphatic hydroxyl groups is 2. The molecule has 4 atom stereocenters. The number of rotatable bonds is 14. The minimum atomic E-state index is -0.848. The number of carbonyl (C=O) groups excluding carboxylic acids is 2. The maximum absolute atomic E-state index is 12.9. The Bertz CT molecular complexity index is 705. The number of ether oxygens (including phenoxy) is 3. The van der Waals surface area contributed by atoms with E-state index >= 15 is 0 Å². The summed E-state index contributed by atoms with van der Waals surface area (Å²) in [5.41, 5.74) is -0.170. The highest BCUT2D eigenvalue weighted by Gasteiger charge is 2.50. The predicted molar refractivity (Wildman–Crippen MR) is 134 cm³/mol. The number of carbonyl (C=O) groups is 2. The van der Waals surface area contributed by atoms with Crippen molar-refractivity contribution in [2.24, 2.45) is 0 Å². The van der Waals surface area contributed by atoms with Crippen LogP contribution in [0.2, 0.25) is 0 Å². The van der Waals surface area contributed by atoms with Crippen LogP contribution in [0.1, 0.15) is 105 Å². The van der Waals surface area contributed by atoms with Crippen LogP contribution >= 0.6 is 0 Å². The number of esters is 1. The van der Waals surface area contributed by atoms with E-state index in [4.69, 9.17) is 14.2 Å². The van der Waals surface area contributed by atoms with Gasteiger partial charge in [0.2, 0.25) is 5.91 Å². The van der Waals surface area contributed by atoms with Crippen molar-refractivity contribution in [3.05, 3.63) is 11.6 Å². The summed E-state index contributed by atoms with van der Waals surface area (Å²) in [5, 5.41) is 23.3. The summed E-state index contributed by atoms with van der Waals surface area (Å²) in [5.74, 6) is -1.47. The van der Waals surface area contributed by atoms with Gasteiger partial charge < -0.3 is 29.7 Å². The number of fused-ring (bicyclic) bond motifs is 1. The van der Waals surface area contributed by atoms with Crippen LogP contribution in [-0.4, -0.2) is 64.4 Å². The molecule has 0 aromatic rings. The Morgan fingerprint density at radius 1 is 1.14 bits per heavy atom. The van der Waals surface area contributed by atoms with Crippen LogP contribution < -0.4 is 5.32 Å². The first-order valence-electron chi connectivity index (χ1n) is 13.4. The van der Waals surface area contributed by atoms with Gasteiger partial charge >= 0.3 is 5.97 Å². The Hall–Kier alpha value is -1.48. The van der Waals surface area contributed by atoms with Gasteiger partial charge in [0.1, 0.15) is 17.8 Å². The van der Waals surface area contributed by atoms with Crippen LogP contribution in [0.3, 0.4) is 0 Å². The number of hydrogen-bond donors (Lipinski definition) is 3. The molecule has 202 valence electrons. The third-order valence-corrected chi connectivity index (χ3v) is 6.49. The molecule has 3 N–H and O–H groups in total. The molecule has 1 fully saturated rings. The lowest BCUT2D eigenvalue weighted by atomic mass is 9.91. The number of aliphatic hydroxyl groups excluding tert-OH is 2. The topological polar surface area (TPSA) is 114 Å². The van der Waals surface area contributed by atoms with Gasteiger partial charge in [0, 0.05) is 31.3 Å². The van der Waals surface area contributed by atoms with Crippen LogP contribution in [0.5, 0.6) is 0 Å². The van der Waals surface area contributed by atoms with E-state index in [1.807, 2.05) is 0 Å². The molecule has 4 unspecified atom stereocenters. The molecule has 0 radical (unpaired) electrons. The first kappa shape index (κ1) is 29.7. The van der Waals surface area contributed by atoms with Crippen LogP contribution in [-0.2, 0) is 23.8 Å². The predicted octanol–water partition coefficient (Wildman–Crippen LogP) is 3.92. The smallest absolute Gasteiger partial charge is 0.306 e. The second kappa shape index (κ2) is 13.7. The number of amides is 1. The van der Waals surface area contributed by atoms with Crippen LogP contribution in [0, 0.1) is 0 Å². The highest BCUT2D eigenvalue weighted by Crippen LogP contribution is 2.42. The molecule has 1 amide bonds. The van der Waals surface area contributed by atoms with Crippen molar-refractivity contribution >= 4 is 11.9 Å². The molecular formula is C27H47NO7. The van der Waals surface area contributed by atoms with Gasteiger partial charge in [-0.25, -0.2) is 0 Å². The average molecular weight is 498 g/mol. The summed E-state index contributed by atoms with van der Waals surface area (Å²) in [7, 11) is 0. The van der Waals surface area contributed by atoms with Crippen molar-refractivity contribution in [3.63, 3.8) is 0 Å². The largest absolute Gasteiger partial charge is 0.460 e. The van der Waals surface area contributed by atoms with Crippen LogP contribution in [0.25, 0.3) is 0 Å². The van der Waals surface area contributed by atoms with Crippen molar-refractivity contribution in [2.45, 2.75) is 141 Å². The lowest BCUT2D eigenvalue weighted by Gasteiger charge is -2.29. The normalized spacial score (nSPS) is 24.4. The minimum Gasteiger partial charge on any atom is -0.460 e. The van der Waals surface area contributed by atoms with Crippen molar-refractivity contribution in [1.29, 1.82) is 0 Å². The van der Waals surface area contributed by atoms with Crippen LogP contribution in [0.4, 0.5) is 0 Å². The fraction of sp³-hybridized carbons (Fsp3) is 0.852. The zero-order valence-electron chi connectivity index (χ0n) is 22.3. The molecule has 0 aromatic carbocycles. The third kappa shape index (κ3) is 9.48. The first-order chi connectivity index (χ1) is 16.5. The van der Waals surface area contributed by atoms with E-state index in [9.17, 15) is 19.8 Å². The molecule has 8 nitrogen and oxygen atoms in total. The maximum Gasteiger partial charge on any atom is 0.306 e. The van der Waals surface area contributed by atoms with E-state index in [0.717, 1.165) is 51.4 Å². The summed E-state index contributed by atoms with van der Waals surface area (Å²) < 4.78 is 18.1. The van der Waals surface area contributed by atoms with E-state index in [0.29, 0.717) is 5.57 Å². The third-order valence-electron chi connectivity index (χ3n) is 6.49. The lowest BCUT2D eigenvalue weighted by molar-refractivity contribution is -0.190. The van der Waals surface area contributed by atoms with E-state index in [1.165, 1.54) is 0 Å². The molecule has 2 aliphatic rings. The van der Waals surface area contributed by atoms with E-state index in [1.54, 1.807) is 26.8 Å². The maximum atomic E-state index is 12.9. The zero-order chi connectivity index (χ0) is 26.1. The Morgan fingerprint density at radius 2 is 1.77 bits per heavy atom. The molecule has 0 aromatic heterocycles. The first-order valence-corrected chi connectivity index (χ1v) is 13.4.